The van der Waals surface area contributed by atoms with E-state index in [0.29, 0.717) is 55.2 Å². The third-order valence-corrected chi connectivity index (χ3v) is 10.8. The highest BCUT2D eigenvalue weighted by molar-refractivity contribution is 5.98. The molecule has 4 aromatic rings. The Morgan fingerprint density at radius 2 is 1.78 bits per heavy atom. The first-order valence-electron chi connectivity index (χ1n) is 19.9. The lowest BCUT2D eigenvalue weighted by Gasteiger charge is -2.31. The highest BCUT2D eigenvalue weighted by atomic mass is 16.6. The van der Waals surface area contributed by atoms with Crippen molar-refractivity contribution < 1.29 is 29.0 Å². The Morgan fingerprint density at radius 1 is 1.03 bits per heavy atom. The van der Waals surface area contributed by atoms with Gasteiger partial charge >= 0.3 is 5.97 Å². The maximum Gasteiger partial charge on any atom is 0.343 e. The third-order valence-electron chi connectivity index (χ3n) is 10.8. The molecule has 0 saturated heterocycles. The maximum absolute atomic E-state index is 13.7. The van der Waals surface area contributed by atoms with E-state index in [2.05, 4.69) is 27.9 Å². The molecule has 3 atom stereocenters. The van der Waals surface area contributed by atoms with Crippen molar-refractivity contribution in [2.24, 2.45) is 22.4 Å². The van der Waals surface area contributed by atoms with Gasteiger partial charge in [0.1, 0.15) is 25.0 Å². The summed E-state index contributed by atoms with van der Waals surface area (Å²) >= 11 is 0. The number of cyclic esters (lactones) is 1. The number of hydrogen-bond donors (Lipinski definition) is 6. The monoisotopic (exact) mass is 794 g/mol. The van der Waals surface area contributed by atoms with Gasteiger partial charge in [-0.15, -0.1) is 0 Å². The molecule has 2 aromatic carbocycles. The highest BCUT2D eigenvalue weighted by Gasteiger charge is 2.45. The maximum atomic E-state index is 13.7. The van der Waals surface area contributed by atoms with Crippen LogP contribution in [0.25, 0.3) is 22.3 Å². The molecule has 2 aromatic heterocycles. The van der Waals surface area contributed by atoms with Crippen molar-refractivity contribution in [2.75, 3.05) is 11.9 Å². The van der Waals surface area contributed by atoms with E-state index < -0.39 is 23.7 Å². The van der Waals surface area contributed by atoms with Gasteiger partial charge in [-0.1, -0.05) is 53.7 Å². The molecule has 0 radical (unpaired) electrons. The number of hydrogen-bond acceptors (Lipinski definition) is 10. The number of rotatable bonds is 16. The third kappa shape index (κ3) is 8.55. The van der Waals surface area contributed by atoms with Crippen LogP contribution in [-0.2, 0) is 50.9 Å². The number of aliphatic hydroxyl groups is 1. The molecule has 0 unspecified atom stereocenters. The molecule has 0 spiro atoms. The predicted octanol–water partition coefficient (Wildman–Crippen LogP) is 3.72. The molecule has 15 heteroatoms. The highest BCUT2D eigenvalue weighted by Crippen LogP contribution is 2.41. The van der Waals surface area contributed by atoms with Crippen LogP contribution in [-0.4, -0.2) is 63.1 Å². The van der Waals surface area contributed by atoms with Crippen LogP contribution in [0.4, 0.5) is 5.69 Å². The van der Waals surface area contributed by atoms with Crippen LogP contribution in [0.1, 0.15) is 88.6 Å². The average molecular weight is 795 g/mol. The van der Waals surface area contributed by atoms with E-state index in [4.69, 9.17) is 25.9 Å². The van der Waals surface area contributed by atoms with Gasteiger partial charge in [0.2, 0.25) is 11.8 Å². The van der Waals surface area contributed by atoms with Gasteiger partial charge in [-0.05, 0) is 79.1 Å². The van der Waals surface area contributed by atoms with Crippen molar-refractivity contribution in [1.82, 2.24) is 20.2 Å². The molecule has 0 fully saturated rings. The number of aryl methyl sites for hydroxylation is 1. The van der Waals surface area contributed by atoms with E-state index in [0.717, 1.165) is 27.6 Å². The molecule has 0 saturated carbocycles. The van der Waals surface area contributed by atoms with Gasteiger partial charge in [0, 0.05) is 34.8 Å². The second-order valence-electron chi connectivity index (χ2n) is 15.6. The van der Waals surface area contributed by atoms with Crippen LogP contribution in [0.3, 0.4) is 0 Å². The quantitative estimate of drug-likeness (QED) is 0.0365. The number of amides is 2. The summed E-state index contributed by atoms with van der Waals surface area (Å²) in [7, 11) is 0. The number of fused-ring (bicyclic) bond motifs is 5. The number of guanidine groups is 1. The van der Waals surface area contributed by atoms with Crippen LogP contribution in [0.5, 0.6) is 5.75 Å². The van der Waals surface area contributed by atoms with Crippen molar-refractivity contribution in [3.05, 3.63) is 86.7 Å². The molecule has 2 amide bonds. The number of pyridine rings is 2. The van der Waals surface area contributed by atoms with E-state index in [9.17, 15) is 24.3 Å². The molecule has 308 valence electrons. The largest absolute Gasteiger partial charge is 0.489 e. The molecule has 0 aliphatic carbocycles. The predicted molar refractivity (Wildman–Crippen MR) is 222 cm³/mol. The smallest absolute Gasteiger partial charge is 0.343 e. The lowest BCUT2D eigenvalue weighted by Crippen LogP contribution is -2.54. The fraction of sp³-hybridized carbons (Fsp3) is 0.442. The number of esters is 1. The number of aliphatic imine (C=N–C) groups is 1. The Kier molecular flexibility index (Phi) is 12.5. The standard InChI is InChI=1S/C43H54N8O7/c1-7-28-29-18-27(15-16-33(29)49-37-30(28)20-51-35(37)19-32-31(40(51)54)22-58-41(55)43(32,56)8-2)57-21-25-11-13-26(14-12-25)48-38(52)34(10-9-17-46-42(44)45)50-39(53)36(23(3)4)47-24(5)6/h11-16,18-19,23-24,34,36,47,56H,7-10,17,20-22H2,1-6H3,(H,48,52)(H,50,53)(H4,44,45,46)/t34-,36-,43-/m0/s1. The molecule has 4 heterocycles. The SMILES string of the molecule is CCc1c2c(nc3ccc(OCc4ccc(NC(=O)[C@H](CCCN=C(N)N)NC(=O)[C@@H](NC(C)C)C(C)C)cc4)cc13)-c1cc3c(c(=O)n1C2)COC(=O)[C@]3(O)CC. The number of nitrogens with zero attached hydrogens (tertiary/aromatic N) is 3. The second kappa shape index (κ2) is 17.4. The number of aromatic nitrogens is 2. The van der Waals surface area contributed by atoms with Crippen LogP contribution >= 0.6 is 0 Å². The van der Waals surface area contributed by atoms with Crippen molar-refractivity contribution in [3.8, 4) is 17.1 Å². The normalized spacial score (nSPS) is 16.6. The van der Waals surface area contributed by atoms with Crippen molar-refractivity contribution in [2.45, 2.75) is 111 Å². The van der Waals surface area contributed by atoms with Crippen LogP contribution in [0.2, 0.25) is 0 Å². The summed E-state index contributed by atoms with van der Waals surface area (Å²) in [6, 6.07) is 13.5. The van der Waals surface area contributed by atoms with Gasteiger partial charge < -0.3 is 46.6 Å². The summed E-state index contributed by atoms with van der Waals surface area (Å²) in [5.74, 6) is -0.743. The number of nitrogens with one attached hydrogen (secondary N) is 3. The van der Waals surface area contributed by atoms with Gasteiger partial charge in [0.15, 0.2) is 11.6 Å². The first-order chi connectivity index (χ1) is 27.6. The summed E-state index contributed by atoms with van der Waals surface area (Å²) in [6.45, 7) is 12.3. The summed E-state index contributed by atoms with van der Waals surface area (Å²) in [5.41, 5.74) is 14.7. The minimum atomic E-state index is -1.89. The Hall–Kier alpha value is -5.80. The van der Waals surface area contributed by atoms with Gasteiger partial charge in [0.05, 0.1) is 35.1 Å². The lowest BCUT2D eigenvalue weighted by atomic mass is 9.86. The van der Waals surface area contributed by atoms with E-state index in [-0.39, 0.29) is 66.1 Å². The fourth-order valence-electron chi connectivity index (χ4n) is 7.68. The molecule has 0 bridgehead atoms. The Labute approximate surface area is 337 Å². The number of carbonyl (C=O) groups is 3. The zero-order valence-electron chi connectivity index (χ0n) is 34.0. The Morgan fingerprint density at radius 3 is 2.43 bits per heavy atom. The minimum absolute atomic E-state index is 0.00921. The number of carbonyl (C=O) groups excluding carboxylic acids is 3. The Balaban J connectivity index is 1.15. The summed E-state index contributed by atoms with van der Waals surface area (Å²) in [6.07, 6.45) is 1.58. The minimum Gasteiger partial charge on any atom is -0.489 e. The topological polar surface area (TPSA) is 225 Å². The molecule has 58 heavy (non-hydrogen) atoms. The summed E-state index contributed by atoms with van der Waals surface area (Å²) < 4.78 is 13.1. The average Bonchev–Trinajstić information content (AvgIpc) is 3.56. The summed E-state index contributed by atoms with van der Waals surface area (Å²) in [5, 5.41) is 21.3. The number of benzene rings is 2. The zero-order chi connectivity index (χ0) is 41.9. The first-order valence-corrected chi connectivity index (χ1v) is 19.9. The number of anilines is 1. The lowest BCUT2D eigenvalue weighted by molar-refractivity contribution is -0.172. The zero-order valence-corrected chi connectivity index (χ0v) is 34.0. The van der Waals surface area contributed by atoms with Gasteiger partial charge in [0.25, 0.3) is 5.56 Å². The first kappa shape index (κ1) is 41.8. The van der Waals surface area contributed by atoms with Gasteiger partial charge in [-0.25, -0.2) is 9.78 Å². The van der Waals surface area contributed by atoms with Crippen molar-refractivity contribution >= 4 is 40.3 Å². The molecular formula is C43H54N8O7. The summed E-state index contributed by atoms with van der Waals surface area (Å²) in [4.78, 5) is 62.1. The molecule has 6 rings (SSSR count). The molecule has 2 aliphatic heterocycles. The van der Waals surface area contributed by atoms with Crippen LogP contribution < -0.4 is 37.7 Å². The van der Waals surface area contributed by atoms with Gasteiger partial charge in [-0.3, -0.25) is 19.4 Å². The van der Waals surface area contributed by atoms with Crippen molar-refractivity contribution in [1.29, 1.82) is 0 Å². The van der Waals surface area contributed by atoms with E-state index >= 15 is 0 Å². The van der Waals surface area contributed by atoms with Crippen LogP contribution in [0, 0.1) is 5.92 Å². The fourth-order valence-corrected chi connectivity index (χ4v) is 7.68. The molecular weight excluding hydrogens is 741 g/mol. The molecule has 15 nitrogen and oxygen atoms in total. The molecule has 2 aliphatic rings. The molecule has 8 N–H and O–H groups in total. The van der Waals surface area contributed by atoms with Crippen molar-refractivity contribution in [3.63, 3.8) is 0 Å². The van der Waals surface area contributed by atoms with Gasteiger partial charge in [-0.2, -0.15) is 0 Å². The van der Waals surface area contributed by atoms with Crippen LogP contribution in [0.15, 0.2) is 58.3 Å². The van der Waals surface area contributed by atoms with E-state index in [1.807, 2.05) is 58.0 Å². The number of nitrogens with two attached hydrogens (primary N) is 2. The second-order valence-corrected chi connectivity index (χ2v) is 15.6. The Bertz CT molecular complexity index is 2300. The number of ether oxygens (including phenoxy) is 2. The van der Waals surface area contributed by atoms with E-state index in [1.165, 1.54) is 0 Å². The van der Waals surface area contributed by atoms with E-state index in [1.54, 1.807) is 29.7 Å².